The van der Waals surface area contributed by atoms with Crippen LogP contribution < -0.4 is 0 Å². The average molecular weight is 273 g/mol. The first-order valence-electron chi connectivity index (χ1n) is 6.71. The second-order valence-corrected chi connectivity index (χ2v) is 5.08. The van der Waals surface area contributed by atoms with E-state index in [1.807, 2.05) is 4.90 Å². The maximum atomic E-state index is 13.0. The van der Waals surface area contributed by atoms with Gasteiger partial charge in [-0.2, -0.15) is 5.10 Å². The lowest BCUT2D eigenvalue weighted by Crippen LogP contribution is -2.31. The van der Waals surface area contributed by atoms with Crippen LogP contribution in [0.25, 0.3) is 0 Å². The standard InChI is InChI=1S/C15H16FN3O/c1-18-10-8-13(17-18)15(20)19-9-2-3-14(19)11-4-6-12(16)7-5-11/h4-8,10,14H,2-3,9H2,1H3/t14-/m0/s1. The minimum atomic E-state index is -0.255. The Morgan fingerprint density at radius 3 is 2.70 bits per heavy atom. The lowest BCUT2D eigenvalue weighted by molar-refractivity contribution is 0.0729. The van der Waals surface area contributed by atoms with E-state index >= 15 is 0 Å². The third-order valence-electron chi connectivity index (χ3n) is 3.70. The third-order valence-corrected chi connectivity index (χ3v) is 3.70. The summed E-state index contributed by atoms with van der Waals surface area (Å²) in [6.45, 7) is 0.720. The number of likely N-dealkylation sites (tertiary alicyclic amines) is 1. The number of benzene rings is 1. The van der Waals surface area contributed by atoms with Gasteiger partial charge in [-0.1, -0.05) is 12.1 Å². The van der Waals surface area contributed by atoms with Gasteiger partial charge in [0.2, 0.25) is 0 Å². The largest absolute Gasteiger partial charge is 0.330 e. The van der Waals surface area contributed by atoms with E-state index in [4.69, 9.17) is 0 Å². The van der Waals surface area contributed by atoms with Gasteiger partial charge in [0.15, 0.2) is 0 Å². The van der Waals surface area contributed by atoms with Crippen LogP contribution in [0.5, 0.6) is 0 Å². The van der Waals surface area contributed by atoms with Crippen molar-refractivity contribution in [3.8, 4) is 0 Å². The molecule has 104 valence electrons. The molecule has 0 spiro atoms. The Labute approximate surface area is 116 Å². The van der Waals surface area contributed by atoms with Crippen molar-refractivity contribution in [1.82, 2.24) is 14.7 Å². The minimum Gasteiger partial charge on any atom is -0.330 e. The topological polar surface area (TPSA) is 38.1 Å². The van der Waals surface area contributed by atoms with E-state index in [0.29, 0.717) is 5.69 Å². The highest BCUT2D eigenvalue weighted by molar-refractivity contribution is 5.92. The Morgan fingerprint density at radius 1 is 1.30 bits per heavy atom. The van der Waals surface area contributed by atoms with Gasteiger partial charge in [-0.05, 0) is 36.6 Å². The van der Waals surface area contributed by atoms with Gasteiger partial charge < -0.3 is 4.90 Å². The van der Waals surface area contributed by atoms with E-state index in [1.165, 1.54) is 12.1 Å². The molecule has 0 bridgehead atoms. The summed E-state index contributed by atoms with van der Waals surface area (Å²) in [7, 11) is 1.79. The SMILES string of the molecule is Cn1ccc(C(=O)N2CCC[C@H]2c2ccc(F)cc2)n1. The summed E-state index contributed by atoms with van der Waals surface area (Å²) in [5.74, 6) is -0.313. The van der Waals surface area contributed by atoms with Crippen LogP contribution in [0.15, 0.2) is 36.5 Å². The van der Waals surface area contributed by atoms with E-state index < -0.39 is 0 Å². The van der Waals surface area contributed by atoms with Crippen LogP contribution in [0.1, 0.15) is 34.9 Å². The maximum absolute atomic E-state index is 13.0. The summed E-state index contributed by atoms with van der Waals surface area (Å²) in [5, 5.41) is 4.16. The van der Waals surface area contributed by atoms with Gasteiger partial charge in [0.05, 0.1) is 6.04 Å². The summed E-state index contributed by atoms with van der Waals surface area (Å²) in [6, 6.07) is 8.13. The molecule has 20 heavy (non-hydrogen) atoms. The fourth-order valence-electron chi connectivity index (χ4n) is 2.72. The summed E-state index contributed by atoms with van der Waals surface area (Å²) in [4.78, 5) is 14.3. The third kappa shape index (κ3) is 2.31. The molecule has 1 saturated heterocycles. The lowest BCUT2D eigenvalue weighted by Gasteiger charge is -2.24. The predicted molar refractivity (Wildman–Crippen MR) is 72.6 cm³/mol. The molecule has 0 saturated carbocycles. The molecule has 5 heteroatoms. The van der Waals surface area contributed by atoms with Crippen molar-refractivity contribution in [2.24, 2.45) is 7.05 Å². The van der Waals surface area contributed by atoms with Crippen LogP contribution in [0.3, 0.4) is 0 Å². The number of halogens is 1. The van der Waals surface area contributed by atoms with Crippen LogP contribution in [0.2, 0.25) is 0 Å². The van der Waals surface area contributed by atoms with Crippen molar-refractivity contribution in [2.75, 3.05) is 6.54 Å². The monoisotopic (exact) mass is 273 g/mol. The fraction of sp³-hybridized carbons (Fsp3) is 0.333. The lowest BCUT2D eigenvalue weighted by atomic mass is 10.0. The highest BCUT2D eigenvalue weighted by Gasteiger charge is 2.31. The normalized spacial score (nSPS) is 18.5. The van der Waals surface area contributed by atoms with Crippen LogP contribution in [-0.4, -0.2) is 27.1 Å². The number of aryl methyl sites for hydroxylation is 1. The van der Waals surface area contributed by atoms with Crippen molar-refractivity contribution < 1.29 is 9.18 Å². The molecule has 0 aliphatic carbocycles. The number of hydrogen-bond donors (Lipinski definition) is 0. The van der Waals surface area contributed by atoms with Gasteiger partial charge in [0.1, 0.15) is 11.5 Å². The van der Waals surface area contributed by atoms with E-state index in [0.717, 1.165) is 24.9 Å². The number of hydrogen-bond acceptors (Lipinski definition) is 2. The summed E-state index contributed by atoms with van der Waals surface area (Å²) >= 11 is 0. The quantitative estimate of drug-likeness (QED) is 0.843. The van der Waals surface area contributed by atoms with E-state index in [9.17, 15) is 9.18 Å². The molecule has 1 aliphatic heterocycles. The molecule has 0 radical (unpaired) electrons. The molecule has 1 aromatic heterocycles. The first-order chi connectivity index (χ1) is 9.65. The summed E-state index contributed by atoms with van der Waals surface area (Å²) in [5.41, 5.74) is 1.44. The zero-order valence-corrected chi connectivity index (χ0v) is 11.3. The van der Waals surface area contributed by atoms with E-state index in [2.05, 4.69) is 5.10 Å². The molecule has 2 heterocycles. The molecule has 3 rings (SSSR count). The number of rotatable bonds is 2. The second kappa shape index (κ2) is 5.07. The Balaban J connectivity index is 1.85. The predicted octanol–water partition coefficient (Wildman–Crippen LogP) is 2.54. The van der Waals surface area contributed by atoms with Gasteiger partial charge in [0.25, 0.3) is 5.91 Å². The Morgan fingerprint density at radius 2 is 2.05 bits per heavy atom. The van der Waals surface area contributed by atoms with Crippen molar-refractivity contribution in [3.63, 3.8) is 0 Å². The molecule has 2 aromatic rings. The molecular weight excluding hydrogens is 257 g/mol. The van der Waals surface area contributed by atoms with Gasteiger partial charge in [-0.3, -0.25) is 9.48 Å². The van der Waals surface area contributed by atoms with Gasteiger partial charge in [-0.15, -0.1) is 0 Å². The van der Waals surface area contributed by atoms with Gasteiger partial charge in [0, 0.05) is 19.8 Å². The molecular formula is C15H16FN3O. The average Bonchev–Trinajstić information content (AvgIpc) is 3.07. The number of carbonyl (C=O) groups is 1. The molecule has 1 aromatic carbocycles. The van der Waals surface area contributed by atoms with Crippen LogP contribution >= 0.6 is 0 Å². The summed E-state index contributed by atoms with van der Waals surface area (Å²) < 4.78 is 14.6. The first-order valence-corrected chi connectivity index (χ1v) is 6.71. The maximum Gasteiger partial charge on any atom is 0.274 e. The Hall–Kier alpha value is -2.17. The molecule has 0 unspecified atom stereocenters. The van der Waals surface area contributed by atoms with Crippen molar-refractivity contribution in [3.05, 3.63) is 53.6 Å². The molecule has 1 amide bonds. The fourth-order valence-corrected chi connectivity index (χ4v) is 2.72. The Bertz CT molecular complexity index is 620. The van der Waals surface area contributed by atoms with E-state index in [-0.39, 0.29) is 17.8 Å². The summed E-state index contributed by atoms with van der Waals surface area (Å²) in [6.07, 6.45) is 3.63. The Kier molecular flexibility index (Phi) is 3.26. The molecule has 4 nitrogen and oxygen atoms in total. The van der Waals surface area contributed by atoms with Crippen molar-refractivity contribution >= 4 is 5.91 Å². The van der Waals surface area contributed by atoms with Gasteiger partial charge in [-0.25, -0.2) is 4.39 Å². The smallest absolute Gasteiger partial charge is 0.274 e. The zero-order chi connectivity index (χ0) is 14.1. The van der Waals surface area contributed by atoms with Gasteiger partial charge >= 0.3 is 0 Å². The highest BCUT2D eigenvalue weighted by atomic mass is 19.1. The number of nitrogens with zero attached hydrogens (tertiary/aromatic N) is 3. The highest BCUT2D eigenvalue weighted by Crippen LogP contribution is 2.32. The van der Waals surface area contributed by atoms with Crippen molar-refractivity contribution in [1.29, 1.82) is 0 Å². The number of aromatic nitrogens is 2. The molecule has 1 aliphatic rings. The molecule has 1 fully saturated rings. The minimum absolute atomic E-state index is 0.0186. The van der Waals surface area contributed by atoms with Crippen LogP contribution in [0.4, 0.5) is 4.39 Å². The number of carbonyl (C=O) groups excluding carboxylic acids is 1. The first kappa shape index (κ1) is 12.8. The molecule has 0 N–H and O–H groups in total. The molecule has 1 atom stereocenters. The second-order valence-electron chi connectivity index (χ2n) is 5.08. The zero-order valence-electron chi connectivity index (χ0n) is 11.3. The van der Waals surface area contributed by atoms with E-state index in [1.54, 1.807) is 36.1 Å². The number of amides is 1. The van der Waals surface area contributed by atoms with Crippen LogP contribution in [0, 0.1) is 5.82 Å². The van der Waals surface area contributed by atoms with Crippen molar-refractivity contribution in [2.45, 2.75) is 18.9 Å². The van der Waals surface area contributed by atoms with Crippen LogP contribution in [-0.2, 0) is 7.05 Å².